The number of para-hydroxylation sites is 4. The Labute approximate surface area is 251 Å². The molecule has 0 aliphatic heterocycles. The highest BCUT2D eigenvalue weighted by atomic mass is 31.1. The predicted molar refractivity (Wildman–Crippen MR) is 181 cm³/mol. The fourth-order valence-electron chi connectivity index (χ4n) is 6.14. The van der Waals surface area contributed by atoms with Crippen molar-refractivity contribution in [2.75, 3.05) is 0 Å². The number of fused-ring (bicyclic) bond motifs is 4. The molecule has 0 spiro atoms. The molecule has 4 aromatic carbocycles. The van der Waals surface area contributed by atoms with Gasteiger partial charge in [-0.15, -0.1) is 0 Å². The van der Waals surface area contributed by atoms with E-state index in [4.69, 9.17) is 17.7 Å². The molecule has 8 aromatic rings. The normalized spacial score (nSPS) is 13.7. The Morgan fingerprint density at radius 1 is 0.419 bits per heavy atom. The number of benzene rings is 4. The lowest BCUT2D eigenvalue weighted by Gasteiger charge is -2.27. The van der Waals surface area contributed by atoms with Crippen LogP contribution < -0.4 is 22.0 Å². The van der Waals surface area contributed by atoms with Crippen molar-refractivity contribution in [2.24, 2.45) is 0 Å². The SMILES string of the molecule is C[C@H](C[C@@H](C)P(c1cc2ccccc2o1)c1cc2ccccc2o1)P(c1cc2ccccc2o1)c1cc2ccccc2o1. The summed E-state index contributed by atoms with van der Waals surface area (Å²) in [6.45, 7) is 4.68. The van der Waals surface area contributed by atoms with Gasteiger partial charge in [0, 0.05) is 37.4 Å². The molecule has 0 N–H and O–H groups in total. The van der Waals surface area contributed by atoms with Crippen molar-refractivity contribution in [3.8, 4) is 0 Å². The van der Waals surface area contributed by atoms with E-state index in [2.05, 4.69) is 86.6 Å². The fourth-order valence-corrected chi connectivity index (χ4v) is 11.4. The van der Waals surface area contributed by atoms with Crippen molar-refractivity contribution in [1.82, 2.24) is 0 Å². The van der Waals surface area contributed by atoms with Gasteiger partial charge in [0.1, 0.15) is 44.3 Å². The third kappa shape index (κ3) is 4.89. The van der Waals surface area contributed by atoms with Gasteiger partial charge in [0.2, 0.25) is 0 Å². The molecule has 0 aliphatic carbocycles. The molecule has 6 heteroatoms. The van der Waals surface area contributed by atoms with Gasteiger partial charge in [-0.25, -0.2) is 0 Å². The molecule has 4 nitrogen and oxygen atoms in total. The van der Waals surface area contributed by atoms with E-state index in [-0.39, 0.29) is 11.3 Å². The lowest BCUT2D eigenvalue weighted by molar-refractivity contribution is 0.635. The van der Waals surface area contributed by atoms with Crippen molar-refractivity contribution in [2.45, 2.75) is 31.6 Å². The van der Waals surface area contributed by atoms with E-state index in [1.807, 2.05) is 48.5 Å². The molecular weight excluding hydrogens is 570 g/mol. The summed E-state index contributed by atoms with van der Waals surface area (Å²) in [4.78, 5) is 0. The van der Waals surface area contributed by atoms with E-state index in [0.29, 0.717) is 0 Å². The highest BCUT2D eigenvalue weighted by Crippen LogP contribution is 2.50. The Morgan fingerprint density at radius 3 is 0.930 bits per heavy atom. The summed E-state index contributed by atoms with van der Waals surface area (Å²) in [5.74, 6) is 0. The Balaban J connectivity index is 1.20. The van der Waals surface area contributed by atoms with Crippen LogP contribution in [0.15, 0.2) is 139 Å². The molecule has 0 saturated carbocycles. The van der Waals surface area contributed by atoms with Crippen LogP contribution in [0.1, 0.15) is 20.3 Å². The average Bonchev–Trinajstić information content (AvgIpc) is 3.81. The third-order valence-electron chi connectivity index (χ3n) is 8.16. The quantitative estimate of drug-likeness (QED) is 0.163. The minimum Gasteiger partial charge on any atom is -0.456 e. The summed E-state index contributed by atoms with van der Waals surface area (Å²) in [5, 5.41) is 4.47. The van der Waals surface area contributed by atoms with E-state index >= 15 is 0 Å². The molecule has 8 rings (SSSR count). The maximum Gasteiger partial charge on any atom is 0.134 e. The van der Waals surface area contributed by atoms with Crippen LogP contribution >= 0.6 is 15.8 Å². The minimum atomic E-state index is -0.924. The highest BCUT2D eigenvalue weighted by molar-refractivity contribution is 7.74. The van der Waals surface area contributed by atoms with Gasteiger partial charge in [0.25, 0.3) is 0 Å². The smallest absolute Gasteiger partial charge is 0.134 e. The van der Waals surface area contributed by atoms with Gasteiger partial charge in [-0.1, -0.05) is 86.6 Å². The summed E-state index contributed by atoms with van der Waals surface area (Å²) in [6.07, 6.45) is 0.944. The van der Waals surface area contributed by atoms with E-state index in [9.17, 15) is 0 Å². The molecular formula is C37H30O4P2. The molecule has 43 heavy (non-hydrogen) atoms. The van der Waals surface area contributed by atoms with Gasteiger partial charge in [0.05, 0.1) is 0 Å². The standard InChI is InChI=1S/C37H30O4P2/c1-24(42(34-20-26-11-3-7-15-30(26)38-34)35-21-27-12-4-8-16-31(27)39-35)19-25(2)43(36-22-28-13-5-9-17-32(28)40-36)37-23-29-14-6-10-18-33(29)41-37/h3-18,20-25H,19H2,1-2H3/t24-,25-/m1/s1. The summed E-state index contributed by atoms with van der Waals surface area (Å²) < 4.78 is 26.1. The van der Waals surface area contributed by atoms with Crippen LogP contribution in [-0.4, -0.2) is 11.3 Å². The average molecular weight is 601 g/mol. The van der Waals surface area contributed by atoms with Crippen LogP contribution in [0.4, 0.5) is 0 Å². The molecule has 0 saturated heterocycles. The Hall–Kier alpha value is -4.10. The predicted octanol–water partition coefficient (Wildman–Crippen LogP) is 9.40. The van der Waals surface area contributed by atoms with Crippen LogP contribution in [0.25, 0.3) is 43.9 Å². The number of hydrogen-bond donors (Lipinski definition) is 0. The highest BCUT2D eigenvalue weighted by Gasteiger charge is 2.34. The summed E-state index contributed by atoms with van der Waals surface area (Å²) in [6, 6.07) is 41.8. The molecule has 0 amide bonds. The van der Waals surface area contributed by atoms with Crippen molar-refractivity contribution < 1.29 is 17.7 Å². The maximum absolute atomic E-state index is 6.53. The van der Waals surface area contributed by atoms with Gasteiger partial charge < -0.3 is 17.7 Å². The molecule has 4 aromatic heterocycles. The third-order valence-corrected chi connectivity index (χ3v) is 13.1. The molecule has 0 radical (unpaired) electrons. The topological polar surface area (TPSA) is 52.6 Å². The fraction of sp³-hybridized carbons (Fsp3) is 0.135. The summed E-state index contributed by atoms with van der Waals surface area (Å²) >= 11 is 0. The molecule has 0 fully saturated rings. The Bertz CT molecular complexity index is 1760. The zero-order valence-electron chi connectivity index (χ0n) is 23.9. The second kappa shape index (κ2) is 10.9. The first kappa shape index (κ1) is 26.5. The first-order valence-electron chi connectivity index (χ1n) is 14.6. The molecule has 4 heterocycles. The second-order valence-electron chi connectivity index (χ2n) is 11.2. The monoisotopic (exact) mass is 600 g/mol. The second-order valence-corrected chi connectivity index (χ2v) is 16.2. The number of furan rings is 4. The number of rotatable bonds is 8. The Kier molecular flexibility index (Phi) is 6.70. The van der Waals surface area contributed by atoms with Gasteiger partial charge in [-0.2, -0.15) is 0 Å². The zero-order chi connectivity index (χ0) is 28.9. The van der Waals surface area contributed by atoms with Crippen LogP contribution in [0.2, 0.25) is 0 Å². The van der Waals surface area contributed by atoms with Crippen molar-refractivity contribution >= 4 is 81.7 Å². The first-order valence-corrected chi connectivity index (χ1v) is 17.5. The van der Waals surface area contributed by atoms with Crippen LogP contribution in [0.5, 0.6) is 0 Å². The lowest BCUT2D eigenvalue weighted by atomic mass is 10.2. The van der Waals surface area contributed by atoms with Crippen LogP contribution in [0, 0.1) is 0 Å². The van der Waals surface area contributed by atoms with Crippen molar-refractivity contribution in [1.29, 1.82) is 0 Å². The molecule has 0 aliphatic rings. The van der Waals surface area contributed by atoms with Crippen molar-refractivity contribution in [3.05, 3.63) is 121 Å². The molecule has 2 atom stereocenters. The van der Waals surface area contributed by atoms with Crippen LogP contribution in [-0.2, 0) is 0 Å². The van der Waals surface area contributed by atoms with Gasteiger partial charge in [-0.3, -0.25) is 0 Å². The van der Waals surface area contributed by atoms with E-state index < -0.39 is 15.8 Å². The van der Waals surface area contributed by atoms with Crippen molar-refractivity contribution in [3.63, 3.8) is 0 Å². The van der Waals surface area contributed by atoms with E-state index in [1.165, 1.54) is 0 Å². The summed E-state index contributed by atoms with van der Waals surface area (Å²) in [7, 11) is -1.85. The summed E-state index contributed by atoms with van der Waals surface area (Å²) in [5.41, 5.74) is 8.15. The van der Waals surface area contributed by atoms with E-state index in [0.717, 1.165) is 72.3 Å². The van der Waals surface area contributed by atoms with Gasteiger partial charge in [-0.05, 0) is 66.3 Å². The van der Waals surface area contributed by atoms with Crippen LogP contribution in [0.3, 0.4) is 0 Å². The molecule has 0 unspecified atom stereocenters. The van der Waals surface area contributed by atoms with Gasteiger partial charge >= 0.3 is 0 Å². The first-order chi connectivity index (χ1) is 21.1. The number of hydrogen-bond acceptors (Lipinski definition) is 4. The zero-order valence-corrected chi connectivity index (χ0v) is 25.7. The lowest BCUT2D eigenvalue weighted by Crippen LogP contribution is -2.24. The maximum atomic E-state index is 6.53. The van der Waals surface area contributed by atoms with Gasteiger partial charge in [0.15, 0.2) is 0 Å². The molecule has 0 bridgehead atoms. The van der Waals surface area contributed by atoms with E-state index in [1.54, 1.807) is 0 Å². The minimum absolute atomic E-state index is 0.268. The largest absolute Gasteiger partial charge is 0.456 e. The Morgan fingerprint density at radius 2 is 0.674 bits per heavy atom. The molecule has 212 valence electrons.